The first kappa shape index (κ1) is 19.1. The molecule has 3 aromatic rings. The molecule has 7 nitrogen and oxygen atoms in total. The van der Waals surface area contributed by atoms with Crippen LogP contribution in [0.25, 0.3) is 10.9 Å². The van der Waals surface area contributed by atoms with Gasteiger partial charge in [-0.25, -0.2) is 4.98 Å². The number of amides is 1. The molecule has 4 rings (SSSR count). The second-order valence-corrected chi connectivity index (χ2v) is 7.20. The molecule has 0 bridgehead atoms. The first-order valence-electron chi connectivity index (χ1n) is 9.71. The third-order valence-electron chi connectivity index (χ3n) is 5.33. The third kappa shape index (κ3) is 4.30. The minimum Gasteiger partial charge on any atom is -0.497 e. The van der Waals surface area contributed by atoms with Crippen molar-refractivity contribution in [2.75, 3.05) is 33.3 Å². The van der Waals surface area contributed by atoms with E-state index in [1.54, 1.807) is 25.3 Å². The SMILES string of the molecule is COc1ccc(CN2CCN(C(=O)Cn3cnc4ccccc4c3=O)CC2)cc1. The molecule has 1 aliphatic heterocycles. The summed E-state index contributed by atoms with van der Waals surface area (Å²) in [7, 11) is 1.66. The van der Waals surface area contributed by atoms with Crippen LogP contribution in [0.3, 0.4) is 0 Å². The second kappa shape index (κ2) is 8.45. The Labute approximate surface area is 169 Å². The van der Waals surface area contributed by atoms with Gasteiger partial charge in [-0.2, -0.15) is 0 Å². The fraction of sp³-hybridized carbons (Fsp3) is 0.318. The molecular weight excluding hydrogens is 368 g/mol. The van der Waals surface area contributed by atoms with Gasteiger partial charge in [0.15, 0.2) is 0 Å². The van der Waals surface area contributed by atoms with Gasteiger partial charge in [0.05, 0.1) is 24.3 Å². The fourth-order valence-electron chi connectivity index (χ4n) is 3.61. The number of hydrogen-bond acceptors (Lipinski definition) is 5. The number of piperazine rings is 1. The van der Waals surface area contributed by atoms with Crippen LogP contribution in [0, 0.1) is 0 Å². The van der Waals surface area contributed by atoms with Gasteiger partial charge in [-0.3, -0.25) is 19.1 Å². The van der Waals surface area contributed by atoms with E-state index >= 15 is 0 Å². The number of ether oxygens (including phenoxy) is 1. The monoisotopic (exact) mass is 392 g/mol. The van der Waals surface area contributed by atoms with Crippen molar-refractivity contribution >= 4 is 16.8 Å². The lowest BCUT2D eigenvalue weighted by atomic mass is 10.2. The summed E-state index contributed by atoms with van der Waals surface area (Å²) in [4.78, 5) is 33.7. The van der Waals surface area contributed by atoms with Gasteiger partial charge in [0, 0.05) is 32.7 Å². The Hall–Kier alpha value is -3.19. The molecule has 0 aliphatic carbocycles. The summed E-state index contributed by atoms with van der Waals surface area (Å²) in [5, 5.41) is 0.534. The van der Waals surface area contributed by atoms with Crippen molar-refractivity contribution in [2.45, 2.75) is 13.1 Å². The van der Waals surface area contributed by atoms with E-state index in [2.05, 4.69) is 22.0 Å². The summed E-state index contributed by atoms with van der Waals surface area (Å²) < 4.78 is 6.59. The van der Waals surface area contributed by atoms with Crippen LogP contribution in [-0.4, -0.2) is 58.5 Å². The molecule has 1 saturated heterocycles. The van der Waals surface area contributed by atoms with Gasteiger partial charge < -0.3 is 9.64 Å². The lowest BCUT2D eigenvalue weighted by molar-refractivity contribution is -0.133. The van der Waals surface area contributed by atoms with Crippen molar-refractivity contribution in [2.24, 2.45) is 0 Å². The van der Waals surface area contributed by atoms with E-state index in [-0.39, 0.29) is 18.0 Å². The Morgan fingerprint density at radius 3 is 2.48 bits per heavy atom. The van der Waals surface area contributed by atoms with E-state index in [0.717, 1.165) is 25.4 Å². The molecule has 2 heterocycles. The van der Waals surface area contributed by atoms with E-state index in [4.69, 9.17) is 4.74 Å². The number of hydrogen-bond donors (Lipinski definition) is 0. The minimum absolute atomic E-state index is 0.0230. The summed E-state index contributed by atoms with van der Waals surface area (Å²) in [5.74, 6) is 0.802. The van der Waals surface area contributed by atoms with Gasteiger partial charge in [-0.05, 0) is 29.8 Å². The molecule has 1 amide bonds. The first-order valence-corrected chi connectivity index (χ1v) is 9.71. The molecule has 0 N–H and O–H groups in total. The molecule has 0 unspecified atom stereocenters. The molecule has 1 fully saturated rings. The van der Waals surface area contributed by atoms with Crippen molar-refractivity contribution in [3.8, 4) is 5.75 Å². The molecule has 2 aromatic carbocycles. The number of carbonyl (C=O) groups excluding carboxylic acids is 1. The summed E-state index contributed by atoms with van der Waals surface area (Å²) in [6.07, 6.45) is 1.46. The van der Waals surface area contributed by atoms with Gasteiger partial charge in [0.1, 0.15) is 12.3 Å². The summed E-state index contributed by atoms with van der Waals surface area (Å²) >= 11 is 0. The molecule has 7 heteroatoms. The molecule has 150 valence electrons. The van der Waals surface area contributed by atoms with Crippen LogP contribution in [0.2, 0.25) is 0 Å². The predicted molar refractivity (Wildman–Crippen MR) is 111 cm³/mol. The zero-order chi connectivity index (χ0) is 20.2. The quantitative estimate of drug-likeness (QED) is 0.662. The van der Waals surface area contributed by atoms with Crippen LogP contribution in [0.15, 0.2) is 59.7 Å². The first-order chi connectivity index (χ1) is 14.1. The maximum atomic E-state index is 12.7. The molecule has 0 atom stereocenters. The smallest absolute Gasteiger partial charge is 0.261 e. The number of methoxy groups -OCH3 is 1. The molecule has 0 radical (unpaired) electrons. The lowest BCUT2D eigenvalue weighted by Crippen LogP contribution is -2.49. The summed E-state index contributed by atoms with van der Waals surface area (Å²) in [6.45, 7) is 3.80. The number of benzene rings is 2. The number of rotatable bonds is 5. The van der Waals surface area contributed by atoms with E-state index in [0.29, 0.717) is 24.0 Å². The molecular formula is C22H24N4O3. The zero-order valence-electron chi connectivity index (χ0n) is 16.5. The average Bonchev–Trinajstić information content (AvgIpc) is 2.77. The van der Waals surface area contributed by atoms with Gasteiger partial charge in [0.2, 0.25) is 5.91 Å². The Balaban J connectivity index is 1.34. The summed E-state index contributed by atoms with van der Waals surface area (Å²) in [6, 6.07) is 15.2. The number of carbonyl (C=O) groups is 1. The topological polar surface area (TPSA) is 67.7 Å². The van der Waals surface area contributed by atoms with Gasteiger partial charge in [-0.15, -0.1) is 0 Å². The predicted octanol–water partition coefficient (Wildman–Crippen LogP) is 1.75. The van der Waals surface area contributed by atoms with Crippen LogP contribution in [0.1, 0.15) is 5.56 Å². The van der Waals surface area contributed by atoms with Crippen LogP contribution in [-0.2, 0) is 17.9 Å². The number of aromatic nitrogens is 2. The van der Waals surface area contributed by atoms with Crippen molar-refractivity contribution in [1.82, 2.24) is 19.4 Å². The van der Waals surface area contributed by atoms with Crippen molar-refractivity contribution in [3.05, 3.63) is 70.8 Å². The zero-order valence-corrected chi connectivity index (χ0v) is 16.5. The number of para-hydroxylation sites is 1. The molecule has 0 saturated carbocycles. The highest BCUT2D eigenvalue weighted by Crippen LogP contribution is 2.14. The maximum absolute atomic E-state index is 12.7. The maximum Gasteiger partial charge on any atom is 0.261 e. The van der Waals surface area contributed by atoms with Crippen LogP contribution in [0.5, 0.6) is 5.75 Å². The molecule has 29 heavy (non-hydrogen) atoms. The minimum atomic E-state index is -0.179. The second-order valence-electron chi connectivity index (χ2n) is 7.20. The highest BCUT2D eigenvalue weighted by molar-refractivity contribution is 5.79. The van der Waals surface area contributed by atoms with Crippen LogP contribution in [0.4, 0.5) is 0 Å². The fourth-order valence-corrected chi connectivity index (χ4v) is 3.61. The Morgan fingerprint density at radius 1 is 1.03 bits per heavy atom. The van der Waals surface area contributed by atoms with Gasteiger partial charge in [0.25, 0.3) is 5.56 Å². The van der Waals surface area contributed by atoms with E-state index in [1.807, 2.05) is 23.1 Å². The summed E-state index contributed by atoms with van der Waals surface area (Å²) in [5.41, 5.74) is 1.69. The highest BCUT2D eigenvalue weighted by Gasteiger charge is 2.21. The molecule has 1 aliphatic rings. The molecule has 0 spiro atoms. The van der Waals surface area contributed by atoms with Crippen LogP contribution < -0.4 is 10.3 Å². The molecule has 1 aromatic heterocycles. The van der Waals surface area contributed by atoms with E-state index < -0.39 is 0 Å². The number of nitrogens with zero attached hydrogens (tertiary/aromatic N) is 4. The Kier molecular flexibility index (Phi) is 5.57. The van der Waals surface area contributed by atoms with Gasteiger partial charge in [-0.1, -0.05) is 24.3 Å². The average molecular weight is 392 g/mol. The number of fused-ring (bicyclic) bond motifs is 1. The Morgan fingerprint density at radius 2 is 1.76 bits per heavy atom. The lowest BCUT2D eigenvalue weighted by Gasteiger charge is -2.34. The third-order valence-corrected chi connectivity index (χ3v) is 5.33. The highest BCUT2D eigenvalue weighted by atomic mass is 16.5. The largest absolute Gasteiger partial charge is 0.497 e. The van der Waals surface area contributed by atoms with E-state index in [9.17, 15) is 9.59 Å². The van der Waals surface area contributed by atoms with Crippen LogP contribution >= 0.6 is 0 Å². The van der Waals surface area contributed by atoms with Crippen molar-refractivity contribution in [1.29, 1.82) is 0 Å². The van der Waals surface area contributed by atoms with E-state index in [1.165, 1.54) is 16.5 Å². The van der Waals surface area contributed by atoms with Gasteiger partial charge >= 0.3 is 0 Å². The standard InChI is InChI=1S/C22H24N4O3/c1-29-18-8-6-17(7-9-18)14-24-10-12-25(13-11-24)21(27)15-26-16-23-20-5-3-2-4-19(20)22(26)28/h2-9,16H,10-15H2,1H3. The van der Waals surface area contributed by atoms with Crippen molar-refractivity contribution < 1.29 is 9.53 Å². The Bertz CT molecular complexity index is 1050. The van der Waals surface area contributed by atoms with Crippen molar-refractivity contribution in [3.63, 3.8) is 0 Å². The normalized spacial score (nSPS) is 14.9.